The van der Waals surface area contributed by atoms with Crippen LogP contribution in [-0.2, 0) is 0 Å². The molecular formula is C12H18N4O2. The van der Waals surface area contributed by atoms with Crippen LogP contribution in [0.3, 0.4) is 0 Å². The standard InChI is InChI=1S/C12H18N4O2/c1-3-8(2)6-15-12(17)10-5-4-9(7-14-10)11(13)16-18/h4-5,7-8,18H,3,6H2,1-2H3,(H2,13,16)(H,15,17). The van der Waals surface area contributed by atoms with Gasteiger partial charge in [-0.3, -0.25) is 9.78 Å². The van der Waals surface area contributed by atoms with Crippen LogP contribution in [0.25, 0.3) is 0 Å². The monoisotopic (exact) mass is 250 g/mol. The molecule has 0 saturated carbocycles. The summed E-state index contributed by atoms with van der Waals surface area (Å²) in [5.74, 6) is 0.181. The van der Waals surface area contributed by atoms with E-state index in [0.717, 1.165) is 6.42 Å². The highest BCUT2D eigenvalue weighted by Crippen LogP contribution is 2.02. The molecule has 4 N–H and O–H groups in total. The molecule has 0 spiro atoms. The van der Waals surface area contributed by atoms with Crippen LogP contribution >= 0.6 is 0 Å². The van der Waals surface area contributed by atoms with Crippen molar-refractivity contribution in [3.05, 3.63) is 29.6 Å². The largest absolute Gasteiger partial charge is 0.409 e. The Hall–Kier alpha value is -2.11. The third-order valence-corrected chi connectivity index (χ3v) is 2.71. The first kappa shape index (κ1) is 14.0. The molecule has 1 unspecified atom stereocenters. The van der Waals surface area contributed by atoms with Gasteiger partial charge in [0.1, 0.15) is 5.69 Å². The highest BCUT2D eigenvalue weighted by Gasteiger charge is 2.09. The molecule has 1 aromatic heterocycles. The fourth-order valence-electron chi connectivity index (χ4n) is 1.24. The van der Waals surface area contributed by atoms with E-state index in [4.69, 9.17) is 10.9 Å². The molecule has 0 aromatic carbocycles. The second kappa shape index (κ2) is 6.58. The zero-order valence-electron chi connectivity index (χ0n) is 10.6. The van der Waals surface area contributed by atoms with Crippen molar-refractivity contribution in [2.45, 2.75) is 20.3 Å². The molecule has 1 amide bonds. The first-order valence-corrected chi connectivity index (χ1v) is 5.80. The van der Waals surface area contributed by atoms with Gasteiger partial charge in [-0.15, -0.1) is 0 Å². The molecule has 1 aromatic rings. The lowest BCUT2D eigenvalue weighted by molar-refractivity contribution is 0.0943. The van der Waals surface area contributed by atoms with Crippen LogP contribution in [0.2, 0.25) is 0 Å². The van der Waals surface area contributed by atoms with Gasteiger partial charge in [0.2, 0.25) is 0 Å². The quantitative estimate of drug-likeness (QED) is 0.313. The predicted octanol–water partition coefficient (Wildman–Crippen LogP) is 0.952. The minimum Gasteiger partial charge on any atom is -0.409 e. The number of oxime groups is 1. The summed E-state index contributed by atoms with van der Waals surface area (Å²) in [4.78, 5) is 15.7. The number of carbonyl (C=O) groups is 1. The average Bonchev–Trinajstić information content (AvgIpc) is 2.43. The molecule has 6 heteroatoms. The van der Waals surface area contributed by atoms with E-state index < -0.39 is 0 Å². The number of nitrogens with two attached hydrogens (primary N) is 1. The number of amidine groups is 1. The summed E-state index contributed by atoms with van der Waals surface area (Å²) in [6.07, 6.45) is 2.41. The molecule has 0 aliphatic rings. The van der Waals surface area contributed by atoms with Crippen molar-refractivity contribution in [2.24, 2.45) is 16.8 Å². The molecule has 0 saturated heterocycles. The number of carbonyl (C=O) groups excluding carboxylic acids is 1. The number of hydrogen-bond donors (Lipinski definition) is 3. The normalized spacial score (nSPS) is 13.1. The fourth-order valence-corrected chi connectivity index (χ4v) is 1.24. The summed E-state index contributed by atoms with van der Waals surface area (Å²) in [5.41, 5.74) is 6.18. The molecule has 0 fully saturated rings. The molecule has 1 atom stereocenters. The van der Waals surface area contributed by atoms with Crippen molar-refractivity contribution in [1.29, 1.82) is 0 Å². The van der Waals surface area contributed by atoms with Gasteiger partial charge >= 0.3 is 0 Å². The Bertz CT molecular complexity index is 428. The average molecular weight is 250 g/mol. The van der Waals surface area contributed by atoms with Gasteiger partial charge in [0.15, 0.2) is 5.84 Å². The zero-order valence-corrected chi connectivity index (χ0v) is 10.6. The Kier molecular flexibility index (Phi) is 5.10. The second-order valence-corrected chi connectivity index (χ2v) is 4.14. The van der Waals surface area contributed by atoms with Crippen LogP contribution < -0.4 is 11.1 Å². The number of rotatable bonds is 5. The van der Waals surface area contributed by atoms with Crippen LogP contribution in [0.4, 0.5) is 0 Å². The number of hydrogen-bond acceptors (Lipinski definition) is 4. The maximum atomic E-state index is 11.7. The van der Waals surface area contributed by atoms with Crippen molar-refractivity contribution >= 4 is 11.7 Å². The molecule has 0 aliphatic carbocycles. The van der Waals surface area contributed by atoms with Crippen LogP contribution in [0, 0.1) is 5.92 Å². The summed E-state index contributed by atoms with van der Waals surface area (Å²) in [5, 5.41) is 14.2. The molecule has 6 nitrogen and oxygen atoms in total. The number of aromatic nitrogens is 1. The first-order chi connectivity index (χ1) is 8.58. The highest BCUT2D eigenvalue weighted by molar-refractivity contribution is 5.98. The smallest absolute Gasteiger partial charge is 0.269 e. The van der Waals surface area contributed by atoms with Gasteiger partial charge in [0.25, 0.3) is 5.91 Å². The lowest BCUT2D eigenvalue weighted by Crippen LogP contribution is -2.28. The fraction of sp³-hybridized carbons (Fsp3) is 0.417. The molecule has 0 bridgehead atoms. The molecular weight excluding hydrogens is 232 g/mol. The van der Waals surface area contributed by atoms with E-state index in [-0.39, 0.29) is 11.7 Å². The van der Waals surface area contributed by atoms with E-state index in [0.29, 0.717) is 23.7 Å². The van der Waals surface area contributed by atoms with Crippen LogP contribution in [-0.4, -0.2) is 28.5 Å². The van der Waals surface area contributed by atoms with Crippen molar-refractivity contribution < 1.29 is 10.0 Å². The van der Waals surface area contributed by atoms with Crippen molar-refractivity contribution in [1.82, 2.24) is 10.3 Å². The maximum absolute atomic E-state index is 11.7. The van der Waals surface area contributed by atoms with Gasteiger partial charge in [0.05, 0.1) is 0 Å². The molecule has 1 heterocycles. The summed E-state index contributed by atoms with van der Waals surface area (Å²) < 4.78 is 0. The Labute approximate surface area is 106 Å². The van der Waals surface area contributed by atoms with Crippen LogP contribution in [0.1, 0.15) is 36.3 Å². The summed E-state index contributed by atoms with van der Waals surface area (Å²) >= 11 is 0. The van der Waals surface area contributed by atoms with Crippen molar-refractivity contribution in [3.8, 4) is 0 Å². The zero-order chi connectivity index (χ0) is 13.5. The van der Waals surface area contributed by atoms with Crippen molar-refractivity contribution in [3.63, 3.8) is 0 Å². The lowest BCUT2D eigenvalue weighted by atomic mass is 10.1. The minimum atomic E-state index is -0.221. The van der Waals surface area contributed by atoms with Gasteiger partial charge in [0, 0.05) is 18.3 Å². The first-order valence-electron chi connectivity index (χ1n) is 5.80. The second-order valence-electron chi connectivity index (χ2n) is 4.14. The van der Waals surface area contributed by atoms with Gasteiger partial charge in [-0.2, -0.15) is 0 Å². The molecule has 0 aliphatic heterocycles. The third kappa shape index (κ3) is 3.73. The summed E-state index contributed by atoms with van der Waals surface area (Å²) in [6.45, 7) is 4.76. The Morgan fingerprint density at radius 2 is 2.33 bits per heavy atom. The topological polar surface area (TPSA) is 101 Å². The van der Waals surface area contributed by atoms with Gasteiger partial charge < -0.3 is 16.3 Å². The molecule has 1 rings (SSSR count). The SMILES string of the molecule is CCC(C)CNC(=O)c1ccc(C(N)=NO)cn1. The van der Waals surface area contributed by atoms with E-state index >= 15 is 0 Å². The van der Waals surface area contributed by atoms with E-state index in [1.54, 1.807) is 12.1 Å². The van der Waals surface area contributed by atoms with Gasteiger partial charge in [-0.1, -0.05) is 25.4 Å². The van der Waals surface area contributed by atoms with E-state index in [1.807, 2.05) is 0 Å². The third-order valence-electron chi connectivity index (χ3n) is 2.71. The molecule has 98 valence electrons. The Morgan fingerprint density at radius 1 is 1.61 bits per heavy atom. The molecule has 18 heavy (non-hydrogen) atoms. The van der Waals surface area contributed by atoms with E-state index in [2.05, 4.69) is 29.3 Å². The lowest BCUT2D eigenvalue weighted by Gasteiger charge is -2.09. The van der Waals surface area contributed by atoms with Gasteiger partial charge in [-0.25, -0.2) is 0 Å². The van der Waals surface area contributed by atoms with E-state index in [9.17, 15) is 4.79 Å². The van der Waals surface area contributed by atoms with Crippen molar-refractivity contribution in [2.75, 3.05) is 6.54 Å². The summed E-state index contributed by atoms with van der Waals surface area (Å²) in [6, 6.07) is 3.12. The number of nitrogens with zero attached hydrogens (tertiary/aromatic N) is 2. The number of pyridine rings is 1. The maximum Gasteiger partial charge on any atom is 0.269 e. The van der Waals surface area contributed by atoms with Crippen LogP contribution in [0.15, 0.2) is 23.5 Å². The Morgan fingerprint density at radius 3 is 2.83 bits per heavy atom. The van der Waals surface area contributed by atoms with Crippen LogP contribution in [0.5, 0.6) is 0 Å². The van der Waals surface area contributed by atoms with Gasteiger partial charge in [-0.05, 0) is 18.1 Å². The minimum absolute atomic E-state index is 0.0333. The summed E-state index contributed by atoms with van der Waals surface area (Å²) in [7, 11) is 0. The van der Waals surface area contributed by atoms with E-state index in [1.165, 1.54) is 6.20 Å². The highest BCUT2D eigenvalue weighted by atomic mass is 16.4. The molecule has 0 radical (unpaired) electrons. The Balaban J connectivity index is 2.65. The predicted molar refractivity (Wildman–Crippen MR) is 68.5 cm³/mol. The number of amides is 1. The number of nitrogens with one attached hydrogen (secondary N) is 1.